The normalized spacial score (nSPS) is 10.5. The van der Waals surface area contributed by atoms with Crippen molar-refractivity contribution in [2.45, 2.75) is 13.5 Å². The Labute approximate surface area is 145 Å². The second-order valence-corrected chi connectivity index (χ2v) is 5.11. The maximum absolute atomic E-state index is 13.5. The number of ether oxygens (including phenoxy) is 1. The summed E-state index contributed by atoms with van der Waals surface area (Å²) >= 11 is 0. The van der Waals surface area contributed by atoms with Crippen LogP contribution in [-0.4, -0.2) is 18.6 Å². The van der Waals surface area contributed by atoms with Crippen LogP contribution in [-0.2, 0) is 16.1 Å². The summed E-state index contributed by atoms with van der Waals surface area (Å²) in [6.45, 7) is 2.16. The highest BCUT2D eigenvalue weighted by Gasteiger charge is 2.04. The molecule has 5 nitrogen and oxygen atoms in total. The molecule has 0 fully saturated rings. The standard InChI is InChI=1S/C19H19FN2O3/c1-2-25-18(23)12-9-14-7-10-16(11-8-14)22-19(24)21-13-15-5-3-4-6-17(15)20/h3-12H,2,13H2,1H3,(H2,21,22,24)/b12-9+. The number of urea groups is 1. The van der Waals surface area contributed by atoms with Crippen LogP contribution in [0.2, 0.25) is 0 Å². The molecular weight excluding hydrogens is 323 g/mol. The second kappa shape index (κ2) is 9.22. The van der Waals surface area contributed by atoms with Crippen molar-refractivity contribution in [1.29, 1.82) is 0 Å². The number of carbonyl (C=O) groups excluding carboxylic acids is 2. The van der Waals surface area contributed by atoms with Crippen molar-refractivity contribution >= 4 is 23.8 Å². The molecule has 0 aliphatic carbocycles. The van der Waals surface area contributed by atoms with Crippen molar-refractivity contribution in [3.8, 4) is 0 Å². The van der Waals surface area contributed by atoms with Crippen LogP contribution in [0.3, 0.4) is 0 Å². The molecule has 0 aromatic heterocycles. The van der Waals surface area contributed by atoms with E-state index in [9.17, 15) is 14.0 Å². The van der Waals surface area contributed by atoms with Crippen molar-refractivity contribution in [3.05, 3.63) is 71.6 Å². The number of anilines is 1. The Bertz CT molecular complexity index is 758. The summed E-state index contributed by atoms with van der Waals surface area (Å²) in [7, 11) is 0. The molecule has 0 atom stereocenters. The molecule has 2 aromatic rings. The summed E-state index contributed by atoms with van der Waals surface area (Å²) in [5.41, 5.74) is 1.79. The molecule has 0 radical (unpaired) electrons. The van der Waals surface area contributed by atoms with Gasteiger partial charge in [-0.15, -0.1) is 0 Å². The number of benzene rings is 2. The number of halogens is 1. The number of hydrogen-bond donors (Lipinski definition) is 2. The first-order valence-electron chi connectivity index (χ1n) is 7.81. The van der Waals surface area contributed by atoms with Crippen LogP contribution < -0.4 is 10.6 Å². The summed E-state index contributed by atoms with van der Waals surface area (Å²) in [4.78, 5) is 23.1. The van der Waals surface area contributed by atoms with Gasteiger partial charge in [0, 0.05) is 23.9 Å². The minimum Gasteiger partial charge on any atom is -0.463 e. The van der Waals surface area contributed by atoms with Crippen molar-refractivity contribution in [3.63, 3.8) is 0 Å². The highest BCUT2D eigenvalue weighted by atomic mass is 19.1. The molecule has 130 valence electrons. The van der Waals surface area contributed by atoms with E-state index >= 15 is 0 Å². The van der Waals surface area contributed by atoms with Crippen LogP contribution in [0.25, 0.3) is 6.08 Å². The molecule has 2 aromatic carbocycles. The van der Waals surface area contributed by atoms with Gasteiger partial charge in [-0.3, -0.25) is 0 Å². The smallest absolute Gasteiger partial charge is 0.330 e. The molecule has 0 saturated heterocycles. The Balaban J connectivity index is 1.85. The summed E-state index contributed by atoms with van der Waals surface area (Å²) in [6.07, 6.45) is 2.97. The Kier molecular flexibility index (Phi) is 6.71. The summed E-state index contributed by atoms with van der Waals surface area (Å²) in [6, 6.07) is 12.7. The zero-order valence-electron chi connectivity index (χ0n) is 13.8. The van der Waals surface area contributed by atoms with E-state index in [1.807, 2.05) is 0 Å². The number of nitrogens with one attached hydrogen (secondary N) is 2. The van der Waals surface area contributed by atoms with Gasteiger partial charge in [-0.05, 0) is 36.8 Å². The van der Waals surface area contributed by atoms with Crippen molar-refractivity contribution in [2.24, 2.45) is 0 Å². The largest absolute Gasteiger partial charge is 0.463 e. The molecule has 25 heavy (non-hydrogen) atoms. The molecule has 0 heterocycles. The molecular formula is C19H19FN2O3. The van der Waals surface area contributed by atoms with Gasteiger partial charge >= 0.3 is 12.0 Å². The fourth-order valence-corrected chi connectivity index (χ4v) is 2.02. The van der Waals surface area contributed by atoms with Crippen LogP contribution in [0.5, 0.6) is 0 Å². The van der Waals surface area contributed by atoms with Gasteiger partial charge in [0.1, 0.15) is 5.82 Å². The first kappa shape index (κ1) is 18.2. The van der Waals surface area contributed by atoms with Gasteiger partial charge in [-0.2, -0.15) is 0 Å². The molecule has 0 saturated carbocycles. The lowest BCUT2D eigenvalue weighted by atomic mass is 10.2. The van der Waals surface area contributed by atoms with E-state index in [0.717, 1.165) is 5.56 Å². The highest BCUT2D eigenvalue weighted by molar-refractivity contribution is 5.90. The van der Waals surface area contributed by atoms with Gasteiger partial charge in [0.05, 0.1) is 6.61 Å². The van der Waals surface area contributed by atoms with Gasteiger partial charge in [-0.1, -0.05) is 30.3 Å². The first-order valence-corrected chi connectivity index (χ1v) is 7.81. The Morgan fingerprint density at radius 1 is 1.12 bits per heavy atom. The van der Waals surface area contributed by atoms with E-state index in [-0.39, 0.29) is 12.4 Å². The van der Waals surface area contributed by atoms with Gasteiger partial charge in [-0.25, -0.2) is 14.0 Å². The molecule has 0 bridgehead atoms. The minimum absolute atomic E-state index is 0.0961. The second-order valence-electron chi connectivity index (χ2n) is 5.11. The molecule has 0 spiro atoms. The monoisotopic (exact) mass is 342 g/mol. The number of carbonyl (C=O) groups is 2. The van der Waals surface area contributed by atoms with E-state index < -0.39 is 12.0 Å². The molecule has 2 N–H and O–H groups in total. The first-order chi connectivity index (χ1) is 12.1. The highest BCUT2D eigenvalue weighted by Crippen LogP contribution is 2.11. The summed E-state index contributed by atoms with van der Waals surface area (Å²) in [5, 5.41) is 5.25. The van der Waals surface area contributed by atoms with Crippen LogP contribution >= 0.6 is 0 Å². The van der Waals surface area contributed by atoms with Crippen molar-refractivity contribution in [2.75, 3.05) is 11.9 Å². The molecule has 0 aliphatic heterocycles. The predicted molar refractivity (Wildman–Crippen MR) is 94.4 cm³/mol. The van der Waals surface area contributed by atoms with Gasteiger partial charge in [0.15, 0.2) is 0 Å². The average Bonchev–Trinajstić information content (AvgIpc) is 2.61. The molecule has 0 unspecified atom stereocenters. The van der Waals surface area contributed by atoms with Crippen molar-refractivity contribution in [1.82, 2.24) is 5.32 Å². The van der Waals surface area contributed by atoms with Crippen molar-refractivity contribution < 1.29 is 18.7 Å². The van der Waals surface area contributed by atoms with Gasteiger partial charge in [0.25, 0.3) is 0 Å². The van der Waals surface area contributed by atoms with E-state index in [1.165, 1.54) is 12.1 Å². The fraction of sp³-hybridized carbons (Fsp3) is 0.158. The lowest BCUT2D eigenvalue weighted by Gasteiger charge is -2.08. The Morgan fingerprint density at radius 3 is 2.52 bits per heavy atom. The number of esters is 1. The van der Waals surface area contributed by atoms with Crippen LogP contribution in [0.1, 0.15) is 18.1 Å². The molecule has 0 aliphatic rings. The Hall–Kier alpha value is -3.15. The SMILES string of the molecule is CCOC(=O)/C=C/c1ccc(NC(=O)NCc2ccccc2F)cc1. The maximum atomic E-state index is 13.5. The van der Waals surface area contributed by atoms with Crippen LogP contribution in [0.4, 0.5) is 14.9 Å². The fourth-order valence-electron chi connectivity index (χ4n) is 2.02. The van der Waals surface area contributed by atoms with E-state index in [2.05, 4.69) is 10.6 Å². The van der Waals surface area contributed by atoms with Gasteiger partial charge in [0.2, 0.25) is 0 Å². The molecule has 2 amide bonds. The van der Waals surface area contributed by atoms with Gasteiger partial charge < -0.3 is 15.4 Å². The van der Waals surface area contributed by atoms with E-state index in [4.69, 9.17) is 4.74 Å². The third kappa shape index (κ3) is 6.10. The quantitative estimate of drug-likeness (QED) is 0.621. The Morgan fingerprint density at radius 2 is 1.84 bits per heavy atom. The number of amides is 2. The third-order valence-corrected chi connectivity index (χ3v) is 3.26. The van der Waals surface area contributed by atoms with E-state index in [0.29, 0.717) is 17.9 Å². The van der Waals surface area contributed by atoms with E-state index in [1.54, 1.807) is 55.5 Å². The molecule has 6 heteroatoms. The predicted octanol–water partition coefficient (Wildman–Crippen LogP) is 3.72. The van der Waals surface area contributed by atoms with Crippen LogP contribution in [0, 0.1) is 5.82 Å². The van der Waals surface area contributed by atoms with Crippen LogP contribution in [0.15, 0.2) is 54.6 Å². The zero-order valence-corrected chi connectivity index (χ0v) is 13.8. The zero-order chi connectivity index (χ0) is 18.1. The lowest BCUT2D eigenvalue weighted by Crippen LogP contribution is -2.28. The lowest BCUT2D eigenvalue weighted by molar-refractivity contribution is -0.137. The minimum atomic E-state index is -0.432. The third-order valence-electron chi connectivity index (χ3n) is 3.26. The summed E-state index contributed by atoms with van der Waals surface area (Å²) < 4.78 is 18.3. The average molecular weight is 342 g/mol. The maximum Gasteiger partial charge on any atom is 0.330 e. The topological polar surface area (TPSA) is 67.4 Å². The summed E-state index contributed by atoms with van der Waals surface area (Å²) in [5.74, 6) is -0.766. The number of rotatable bonds is 6. The molecule has 2 rings (SSSR count). The number of hydrogen-bond acceptors (Lipinski definition) is 3.